The summed E-state index contributed by atoms with van der Waals surface area (Å²) in [6, 6.07) is 0. The smallest absolute Gasteiger partial charge is 0.189 e. The average molecular weight is 331 g/mol. The summed E-state index contributed by atoms with van der Waals surface area (Å²) in [6.07, 6.45) is 11.5. The van der Waals surface area contributed by atoms with Gasteiger partial charge in [0, 0.05) is 13.2 Å². The monoisotopic (exact) mass is 330 g/mol. The van der Waals surface area contributed by atoms with Gasteiger partial charge in [0.05, 0.1) is 13.2 Å². The second-order valence-corrected chi connectivity index (χ2v) is 6.79. The van der Waals surface area contributed by atoms with Gasteiger partial charge >= 0.3 is 0 Å². The van der Waals surface area contributed by atoms with E-state index in [1.807, 2.05) is 6.92 Å². The van der Waals surface area contributed by atoms with Crippen LogP contribution >= 0.6 is 0 Å². The van der Waals surface area contributed by atoms with Crippen molar-refractivity contribution in [3.8, 4) is 0 Å². The van der Waals surface area contributed by atoms with E-state index >= 15 is 0 Å². The molecule has 0 radical (unpaired) electrons. The van der Waals surface area contributed by atoms with Gasteiger partial charge in [0.1, 0.15) is 12.7 Å². The molecular formula is C19H38O4. The molecule has 1 rings (SSSR count). The van der Waals surface area contributed by atoms with Gasteiger partial charge in [-0.15, -0.1) is 0 Å². The van der Waals surface area contributed by atoms with Gasteiger partial charge in [-0.25, -0.2) is 0 Å². The predicted molar refractivity (Wildman–Crippen MR) is 93.8 cm³/mol. The Hall–Kier alpha value is -0.160. The SMILES string of the molecule is CCCCCCCCCOCC1COC(C)(COCCCC)O1. The molecule has 4 nitrogen and oxygen atoms in total. The lowest BCUT2D eigenvalue weighted by Gasteiger charge is -2.23. The maximum Gasteiger partial charge on any atom is 0.189 e. The molecule has 0 aromatic carbocycles. The van der Waals surface area contributed by atoms with Crippen LogP contribution in [0.2, 0.25) is 0 Å². The standard InChI is InChI=1S/C19H38O4/c1-4-6-8-9-10-11-12-14-20-15-18-16-22-19(3,23-18)17-21-13-7-5-2/h18H,4-17H2,1-3H3. The summed E-state index contributed by atoms with van der Waals surface area (Å²) in [4.78, 5) is 0. The Morgan fingerprint density at radius 1 is 0.870 bits per heavy atom. The van der Waals surface area contributed by atoms with Crippen molar-refractivity contribution < 1.29 is 18.9 Å². The van der Waals surface area contributed by atoms with Gasteiger partial charge in [-0.05, 0) is 19.8 Å². The van der Waals surface area contributed by atoms with Crippen LogP contribution in [0.3, 0.4) is 0 Å². The molecule has 2 atom stereocenters. The minimum atomic E-state index is -0.596. The third-order valence-electron chi connectivity index (χ3n) is 4.19. The zero-order valence-electron chi connectivity index (χ0n) is 15.6. The highest BCUT2D eigenvalue weighted by atomic mass is 16.8. The Morgan fingerprint density at radius 2 is 1.52 bits per heavy atom. The normalized spacial score (nSPS) is 24.4. The average Bonchev–Trinajstić information content (AvgIpc) is 2.92. The topological polar surface area (TPSA) is 36.9 Å². The third kappa shape index (κ3) is 10.3. The minimum absolute atomic E-state index is 0.0410. The van der Waals surface area contributed by atoms with Crippen molar-refractivity contribution in [3.63, 3.8) is 0 Å². The van der Waals surface area contributed by atoms with Crippen molar-refractivity contribution in [2.75, 3.05) is 33.0 Å². The molecule has 0 bridgehead atoms. The van der Waals surface area contributed by atoms with Crippen LogP contribution in [-0.4, -0.2) is 44.9 Å². The summed E-state index contributed by atoms with van der Waals surface area (Å²) in [5.74, 6) is -0.596. The zero-order valence-corrected chi connectivity index (χ0v) is 15.6. The van der Waals surface area contributed by atoms with Crippen molar-refractivity contribution in [2.24, 2.45) is 0 Å². The Bertz CT molecular complexity index is 272. The molecule has 0 aromatic rings. The number of hydrogen-bond donors (Lipinski definition) is 0. The van der Waals surface area contributed by atoms with Crippen molar-refractivity contribution in [3.05, 3.63) is 0 Å². The van der Waals surface area contributed by atoms with E-state index in [9.17, 15) is 0 Å². The van der Waals surface area contributed by atoms with Crippen LogP contribution in [-0.2, 0) is 18.9 Å². The van der Waals surface area contributed by atoms with Gasteiger partial charge in [0.2, 0.25) is 0 Å². The molecule has 1 heterocycles. The molecule has 1 aliphatic heterocycles. The molecule has 0 spiro atoms. The summed E-state index contributed by atoms with van der Waals surface area (Å²) < 4.78 is 23.0. The highest BCUT2D eigenvalue weighted by Gasteiger charge is 2.37. The summed E-state index contributed by atoms with van der Waals surface area (Å²) in [5.41, 5.74) is 0. The molecule has 0 N–H and O–H groups in total. The van der Waals surface area contributed by atoms with Crippen LogP contribution in [0.25, 0.3) is 0 Å². The van der Waals surface area contributed by atoms with Crippen LogP contribution < -0.4 is 0 Å². The first-order valence-corrected chi connectivity index (χ1v) is 9.67. The van der Waals surface area contributed by atoms with E-state index in [4.69, 9.17) is 18.9 Å². The number of rotatable bonds is 15. The number of ether oxygens (including phenoxy) is 4. The minimum Gasteiger partial charge on any atom is -0.379 e. The fourth-order valence-electron chi connectivity index (χ4n) is 2.73. The van der Waals surface area contributed by atoms with Gasteiger partial charge in [-0.1, -0.05) is 58.8 Å². The van der Waals surface area contributed by atoms with E-state index < -0.39 is 5.79 Å². The Kier molecular flexibility index (Phi) is 12.0. The molecule has 0 aromatic heterocycles. The summed E-state index contributed by atoms with van der Waals surface area (Å²) in [5, 5.41) is 0. The van der Waals surface area contributed by atoms with Crippen LogP contribution in [0.4, 0.5) is 0 Å². The van der Waals surface area contributed by atoms with Crippen LogP contribution in [0.15, 0.2) is 0 Å². The summed E-state index contributed by atoms with van der Waals surface area (Å²) in [6.45, 7) is 9.70. The molecule has 2 unspecified atom stereocenters. The van der Waals surface area contributed by atoms with Crippen LogP contribution in [0.5, 0.6) is 0 Å². The van der Waals surface area contributed by atoms with E-state index in [1.165, 1.54) is 38.5 Å². The van der Waals surface area contributed by atoms with Crippen molar-refractivity contribution in [1.82, 2.24) is 0 Å². The Labute approximate surface area is 143 Å². The highest BCUT2D eigenvalue weighted by molar-refractivity contribution is 4.74. The van der Waals surface area contributed by atoms with Gasteiger partial charge in [-0.3, -0.25) is 0 Å². The van der Waals surface area contributed by atoms with Crippen LogP contribution in [0, 0.1) is 0 Å². The quantitative estimate of drug-likeness (QED) is 0.408. The molecule has 23 heavy (non-hydrogen) atoms. The first-order valence-electron chi connectivity index (χ1n) is 9.67. The van der Waals surface area contributed by atoms with E-state index in [-0.39, 0.29) is 6.10 Å². The molecule has 4 heteroatoms. The maximum atomic E-state index is 5.93. The van der Waals surface area contributed by atoms with Gasteiger partial charge in [0.15, 0.2) is 5.79 Å². The molecule has 1 aliphatic rings. The molecule has 0 saturated carbocycles. The number of unbranched alkanes of at least 4 members (excludes halogenated alkanes) is 7. The summed E-state index contributed by atoms with van der Waals surface area (Å²) in [7, 11) is 0. The van der Waals surface area contributed by atoms with Gasteiger partial charge in [0.25, 0.3) is 0 Å². The third-order valence-corrected chi connectivity index (χ3v) is 4.19. The fraction of sp³-hybridized carbons (Fsp3) is 1.00. The lowest BCUT2D eigenvalue weighted by molar-refractivity contribution is -0.193. The first-order chi connectivity index (χ1) is 11.2. The predicted octanol–water partition coefficient (Wildman–Crippen LogP) is 4.70. The fourth-order valence-corrected chi connectivity index (χ4v) is 2.73. The second-order valence-electron chi connectivity index (χ2n) is 6.79. The van der Waals surface area contributed by atoms with Gasteiger partial charge < -0.3 is 18.9 Å². The first kappa shape index (κ1) is 20.9. The zero-order chi connectivity index (χ0) is 16.8. The number of hydrogen-bond acceptors (Lipinski definition) is 4. The summed E-state index contributed by atoms with van der Waals surface area (Å²) >= 11 is 0. The molecule has 0 amide bonds. The molecular weight excluding hydrogens is 292 g/mol. The highest BCUT2D eigenvalue weighted by Crippen LogP contribution is 2.24. The largest absolute Gasteiger partial charge is 0.379 e. The lowest BCUT2D eigenvalue weighted by atomic mass is 10.1. The maximum absolute atomic E-state index is 5.93. The Morgan fingerprint density at radius 3 is 2.26 bits per heavy atom. The molecule has 1 saturated heterocycles. The molecule has 138 valence electrons. The van der Waals surface area contributed by atoms with E-state index in [2.05, 4.69) is 13.8 Å². The Balaban J connectivity index is 1.94. The van der Waals surface area contributed by atoms with Crippen LogP contribution in [0.1, 0.15) is 78.6 Å². The van der Waals surface area contributed by atoms with Crippen molar-refractivity contribution in [2.45, 2.75) is 90.4 Å². The second kappa shape index (κ2) is 13.2. The van der Waals surface area contributed by atoms with Crippen molar-refractivity contribution >= 4 is 0 Å². The lowest BCUT2D eigenvalue weighted by Crippen LogP contribution is -2.33. The molecule has 1 fully saturated rings. The van der Waals surface area contributed by atoms with Gasteiger partial charge in [-0.2, -0.15) is 0 Å². The van der Waals surface area contributed by atoms with Crippen molar-refractivity contribution in [1.29, 1.82) is 0 Å². The van der Waals surface area contributed by atoms with E-state index in [0.717, 1.165) is 32.5 Å². The van der Waals surface area contributed by atoms with E-state index in [0.29, 0.717) is 19.8 Å². The molecule has 0 aliphatic carbocycles. The van der Waals surface area contributed by atoms with E-state index in [1.54, 1.807) is 0 Å².